The third kappa shape index (κ3) is 4.44. The van der Waals surface area contributed by atoms with E-state index in [4.69, 9.17) is 10.8 Å². The summed E-state index contributed by atoms with van der Waals surface area (Å²) in [5.41, 5.74) is 5.52. The standard InChI is InChI=1S/C11H17NO2S/c1-8(6-11(13)14)2-3-9-4-5-10(7-12)15-9/h4-5,8H,2-3,6-7,12H2,1H3,(H,13,14)/t8-/m1/s1. The summed E-state index contributed by atoms with van der Waals surface area (Å²) in [4.78, 5) is 12.9. The number of rotatable bonds is 6. The van der Waals surface area contributed by atoms with Crippen LogP contribution in [0.3, 0.4) is 0 Å². The SMILES string of the molecule is C[C@H](CCc1ccc(CN)s1)CC(=O)O. The second kappa shape index (κ2) is 5.88. The average molecular weight is 227 g/mol. The molecular weight excluding hydrogens is 210 g/mol. The second-order valence-electron chi connectivity index (χ2n) is 3.81. The first-order chi connectivity index (χ1) is 7.11. The molecule has 1 heterocycles. The number of hydrogen-bond donors (Lipinski definition) is 2. The van der Waals surface area contributed by atoms with Crippen molar-refractivity contribution in [1.82, 2.24) is 0 Å². The monoisotopic (exact) mass is 227 g/mol. The average Bonchev–Trinajstić information content (AvgIpc) is 2.61. The fourth-order valence-corrected chi connectivity index (χ4v) is 2.37. The Morgan fingerprint density at radius 2 is 2.20 bits per heavy atom. The zero-order valence-electron chi connectivity index (χ0n) is 8.90. The summed E-state index contributed by atoms with van der Waals surface area (Å²) in [6, 6.07) is 4.13. The summed E-state index contributed by atoms with van der Waals surface area (Å²) in [5, 5.41) is 8.61. The lowest BCUT2D eigenvalue weighted by molar-refractivity contribution is -0.138. The summed E-state index contributed by atoms with van der Waals surface area (Å²) in [6.45, 7) is 2.57. The topological polar surface area (TPSA) is 63.3 Å². The van der Waals surface area contributed by atoms with Crippen molar-refractivity contribution in [3.05, 3.63) is 21.9 Å². The van der Waals surface area contributed by atoms with Crippen molar-refractivity contribution >= 4 is 17.3 Å². The molecule has 1 aromatic heterocycles. The maximum atomic E-state index is 10.5. The van der Waals surface area contributed by atoms with Gasteiger partial charge in [0, 0.05) is 22.7 Å². The van der Waals surface area contributed by atoms with E-state index in [9.17, 15) is 4.79 Å². The van der Waals surface area contributed by atoms with Gasteiger partial charge in [0.25, 0.3) is 0 Å². The van der Waals surface area contributed by atoms with Crippen LogP contribution in [0.5, 0.6) is 0 Å². The van der Waals surface area contributed by atoms with Crippen molar-refractivity contribution in [2.75, 3.05) is 0 Å². The maximum Gasteiger partial charge on any atom is 0.303 e. The molecule has 0 bridgehead atoms. The van der Waals surface area contributed by atoms with Gasteiger partial charge in [0.2, 0.25) is 0 Å². The second-order valence-corrected chi connectivity index (χ2v) is 5.07. The number of carboxylic acids is 1. The van der Waals surface area contributed by atoms with Crippen LogP contribution >= 0.6 is 11.3 Å². The molecule has 4 heteroatoms. The molecule has 15 heavy (non-hydrogen) atoms. The van der Waals surface area contributed by atoms with E-state index < -0.39 is 5.97 Å². The van der Waals surface area contributed by atoms with E-state index in [1.54, 1.807) is 11.3 Å². The van der Waals surface area contributed by atoms with Gasteiger partial charge in [-0.3, -0.25) is 4.79 Å². The van der Waals surface area contributed by atoms with E-state index in [2.05, 4.69) is 6.07 Å². The van der Waals surface area contributed by atoms with Gasteiger partial charge in [-0.25, -0.2) is 0 Å². The molecule has 0 unspecified atom stereocenters. The van der Waals surface area contributed by atoms with E-state index >= 15 is 0 Å². The molecule has 0 aliphatic carbocycles. The summed E-state index contributed by atoms with van der Waals surface area (Å²) in [7, 11) is 0. The number of aryl methyl sites for hydroxylation is 1. The van der Waals surface area contributed by atoms with Crippen LogP contribution in [0.4, 0.5) is 0 Å². The molecule has 0 aliphatic heterocycles. The molecule has 0 saturated carbocycles. The highest BCUT2D eigenvalue weighted by atomic mass is 32.1. The number of thiophene rings is 1. The number of nitrogens with two attached hydrogens (primary N) is 1. The van der Waals surface area contributed by atoms with Crippen LogP contribution in [0, 0.1) is 5.92 Å². The van der Waals surface area contributed by atoms with Crippen molar-refractivity contribution < 1.29 is 9.90 Å². The molecule has 0 amide bonds. The molecule has 1 rings (SSSR count). The molecule has 84 valence electrons. The quantitative estimate of drug-likeness (QED) is 0.783. The minimum atomic E-state index is -0.712. The maximum absolute atomic E-state index is 10.5. The third-order valence-electron chi connectivity index (χ3n) is 2.33. The molecule has 0 aromatic carbocycles. The lowest BCUT2D eigenvalue weighted by Gasteiger charge is -2.06. The molecule has 0 aliphatic rings. The molecule has 0 fully saturated rings. The first kappa shape index (κ1) is 12.2. The summed E-state index contributed by atoms with van der Waals surface area (Å²) < 4.78 is 0. The van der Waals surface area contributed by atoms with Crippen LogP contribution < -0.4 is 5.73 Å². The molecule has 3 N–H and O–H groups in total. The zero-order chi connectivity index (χ0) is 11.3. The van der Waals surface area contributed by atoms with Crippen molar-refractivity contribution in [3.63, 3.8) is 0 Å². The van der Waals surface area contributed by atoms with E-state index in [0.29, 0.717) is 6.54 Å². The smallest absolute Gasteiger partial charge is 0.303 e. The minimum absolute atomic E-state index is 0.242. The van der Waals surface area contributed by atoms with Crippen LogP contribution in [-0.2, 0) is 17.8 Å². The van der Waals surface area contributed by atoms with Crippen molar-refractivity contribution in [2.45, 2.75) is 32.7 Å². The van der Waals surface area contributed by atoms with Gasteiger partial charge in [-0.15, -0.1) is 11.3 Å². The Morgan fingerprint density at radius 1 is 1.53 bits per heavy atom. The fourth-order valence-electron chi connectivity index (χ4n) is 1.46. The summed E-state index contributed by atoms with van der Waals surface area (Å²) in [6.07, 6.45) is 2.14. The van der Waals surface area contributed by atoms with Gasteiger partial charge in [-0.05, 0) is 30.9 Å². The van der Waals surface area contributed by atoms with Gasteiger partial charge in [0.05, 0.1) is 0 Å². The predicted molar refractivity (Wildman–Crippen MR) is 61.9 cm³/mol. The highest BCUT2D eigenvalue weighted by Crippen LogP contribution is 2.20. The van der Waals surface area contributed by atoms with Gasteiger partial charge >= 0.3 is 5.97 Å². The van der Waals surface area contributed by atoms with Gasteiger partial charge in [-0.1, -0.05) is 6.92 Å². The first-order valence-corrected chi connectivity index (χ1v) is 5.93. The fraction of sp³-hybridized carbons (Fsp3) is 0.545. The van der Waals surface area contributed by atoms with Crippen LogP contribution in [0.2, 0.25) is 0 Å². The highest BCUT2D eigenvalue weighted by Gasteiger charge is 2.08. The molecular formula is C11H17NO2S. The van der Waals surface area contributed by atoms with Gasteiger partial charge in [0.1, 0.15) is 0 Å². The number of carboxylic acid groups (broad SMARTS) is 1. The number of aliphatic carboxylic acids is 1. The van der Waals surface area contributed by atoms with Gasteiger partial charge < -0.3 is 10.8 Å². The highest BCUT2D eigenvalue weighted by molar-refractivity contribution is 7.11. The Labute approximate surface area is 93.9 Å². The van der Waals surface area contributed by atoms with Crippen LogP contribution in [0.1, 0.15) is 29.5 Å². The third-order valence-corrected chi connectivity index (χ3v) is 3.49. The van der Waals surface area contributed by atoms with Crippen LogP contribution in [0.25, 0.3) is 0 Å². The van der Waals surface area contributed by atoms with Crippen molar-refractivity contribution in [1.29, 1.82) is 0 Å². The Hall–Kier alpha value is -0.870. The van der Waals surface area contributed by atoms with Crippen molar-refractivity contribution in [2.24, 2.45) is 11.7 Å². The van der Waals surface area contributed by atoms with Gasteiger partial charge in [-0.2, -0.15) is 0 Å². The summed E-state index contributed by atoms with van der Waals surface area (Å²) in [5.74, 6) is -0.470. The minimum Gasteiger partial charge on any atom is -0.481 e. The Kier molecular flexibility index (Phi) is 4.78. The molecule has 0 saturated heterocycles. The van der Waals surface area contributed by atoms with Gasteiger partial charge in [0.15, 0.2) is 0 Å². The van der Waals surface area contributed by atoms with E-state index in [1.807, 2.05) is 13.0 Å². The van der Waals surface area contributed by atoms with E-state index in [1.165, 1.54) is 9.75 Å². The van der Waals surface area contributed by atoms with Crippen molar-refractivity contribution in [3.8, 4) is 0 Å². The Bertz CT molecular complexity index is 322. The number of hydrogen-bond acceptors (Lipinski definition) is 3. The summed E-state index contributed by atoms with van der Waals surface area (Å²) >= 11 is 1.72. The van der Waals surface area contributed by atoms with Crippen LogP contribution in [-0.4, -0.2) is 11.1 Å². The number of carbonyl (C=O) groups is 1. The molecule has 0 radical (unpaired) electrons. The first-order valence-electron chi connectivity index (χ1n) is 5.11. The van der Waals surface area contributed by atoms with E-state index in [0.717, 1.165) is 12.8 Å². The molecule has 3 nitrogen and oxygen atoms in total. The lowest BCUT2D eigenvalue weighted by Crippen LogP contribution is -2.04. The molecule has 0 spiro atoms. The predicted octanol–water partition coefficient (Wildman–Crippen LogP) is 2.25. The molecule has 1 aromatic rings. The normalized spacial score (nSPS) is 12.7. The Morgan fingerprint density at radius 3 is 2.73 bits per heavy atom. The largest absolute Gasteiger partial charge is 0.481 e. The van der Waals surface area contributed by atoms with Crippen LogP contribution in [0.15, 0.2) is 12.1 Å². The zero-order valence-corrected chi connectivity index (χ0v) is 9.72. The lowest BCUT2D eigenvalue weighted by atomic mass is 10.0. The molecule has 1 atom stereocenters. The van der Waals surface area contributed by atoms with E-state index in [-0.39, 0.29) is 12.3 Å². The Balaban J connectivity index is 2.33.